The molecule has 160 valence electrons. The summed E-state index contributed by atoms with van der Waals surface area (Å²) >= 11 is 6.50. The van der Waals surface area contributed by atoms with Crippen LogP contribution in [0.3, 0.4) is 0 Å². The number of hydrogen-bond acceptors (Lipinski definition) is 6. The summed E-state index contributed by atoms with van der Waals surface area (Å²) in [5.74, 6) is -1.23. The summed E-state index contributed by atoms with van der Waals surface area (Å²) in [6.45, 7) is 6.62. The van der Waals surface area contributed by atoms with Gasteiger partial charge in [-0.05, 0) is 62.8 Å². The second kappa shape index (κ2) is 10.2. The van der Waals surface area contributed by atoms with Gasteiger partial charge >= 0.3 is 5.97 Å². The number of amides is 2. The summed E-state index contributed by atoms with van der Waals surface area (Å²) in [6, 6.07) is 6.46. The second-order valence-electron chi connectivity index (χ2n) is 6.25. The molecule has 4 N–H and O–H groups in total. The fraction of sp³-hybridized carbons (Fsp3) is 0.300. The van der Waals surface area contributed by atoms with Crippen LogP contribution >= 0.6 is 23.6 Å². The van der Waals surface area contributed by atoms with Gasteiger partial charge < -0.3 is 26.0 Å². The van der Waals surface area contributed by atoms with E-state index in [1.807, 2.05) is 13.8 Å². The van der Waals surface area contributed by atoms with Gasteiger partial charge in [-0.25, -0.2) is 4.79 Å². The molecule has 0 unspecified atom stereocenters. The summed E-state index contributed by atoms with van der Waals surface area (Å²) < 4.78 is 4.89. The maximum Gasteiger partial charge on any atom is 0.341 e. The van der Waals surface area contributed by atoms with E-state index in [2.05, 4.69) is 10.6 Å². The molecule has 8 nitrogen and oxygen atoms in total. The quantitative estimate of drug-likeness (QED) is 0.440. The minimum Gasteiger partial charge on any atom is -0.465 e. The van der Waals surface area contributed by atoms with Crippen LogP contribution in [0, 0.1) is 6.92 Å². The van der Waals surface area contributed by atoms with Gasteiger partial charge in [0.15, 0.2) is 5.11 Å². The van der Waals surface area contributed by atoms with Gasteiger partial charge in [-0.1, -0.05) is 0 Å². The van der Waals surface area contributed by atoms with Crippen molar-refractivity contribution < 1.29 is 19.1 Å². The number of carbonyl (C=O) groups excluding carboxylic acids is 3. The summed E-state index contributed by atoms with van der Waals surface area (Å²) in [6.07, 6.45) is 0. The van der Waals surface area contributed by atoms with Crippen molar-refractivity contribution in [1.82, 2.24) is 4.90 Å². The number of nitrogens with two attached hydrogens (primary N) is 1. The number of thiophene rings is 1. The van der Waals surface area contributed by atoms with Gasteiger partial charge in [-0.3, -0.25) is 9.59 Å². The van der Waals surface area contributed by atoms with E-state index in [0.29, 0.717) is 39.8 Å². The first kappa shape index (κ1) is 23.3. The Hall–Kier alpha value is -2.98. The van der Waals surface area contributed by atoms with E-state index in [-0.39, 0.29) is 16.6 Å². The number of thiocarbonyl (C=S) groups is 1. The highest BCUT2D eigenvalue weighted by atomic mass is 32.1. The number of benzene rings is 1. The van der Waals surface area contributed by atoms with Crippen LogP contribution in [0.25, 0.3) is 0 Å². The fourth-order valence-corrected chi connectivity index (χ4v) is 4.24. The van der Waals surface area contributed by atoms with Crippen molar-refractivity contribution in [2.75, 3.05) is 30.8 Å². The molecule has 0 atom stereocenters. The van der Waals surface area contributed by atoms with E-state index in [1.165, 1.54) is 7.11 Å². The van der Waals surface area contributed by atoms with Crippen molar-refractivity contribution in [2.24, 2.45) is 5.73 Å². The average Bonchev–Trinajstić information content (AvgIpc) is 3.04. The van der Waals surface area contributed by atoms with Crippen LogP contribution in [-0.4, -0.2) is 48.0 Å². The zero-order valence-corrected chi connectivity index (χ0v) is 18.8. The summed E-state index contributed by atoms with van der Waals surface area (Å²) in [5.41, 5.74) is 7.05. The Bertz CT molecular complexity index is 966. The van der Waals surface area contributed by atoms with Crippen molar-refractivity contribution in [3.63, 3.8) is 0 Å². The van der Waals surface area contributed by atoms with Gasteiger partial charge in [0.2, 0.25) is 5.91 Å². The van der Waals surface area contributed by atoms with Gasteiger partial charge in [0.1, 0.15) is 5.00 Å². The van der Waals surface area contributed by atoms with Gasteiger partial charge in [0.25, 0.3) is 5.91 Å². The lowest BCUT2D eigenvalue weighted by atomic mass is 10.1. The molecule has 2 amide bonds. The molecule has 1 aromatic carbocycles. The number of methoxy groups -OCH3 is 1. The third-order valence-electron chi connectivity index (χ3n) is 4.44. The number of hydrogen-bond donors (Lipinski definition) is 3. The largest absolute Gasteiger partial charge is 0.465 e. The molecule has 2 rings (SSSR count). The number of esters is 1. The Morgan fingerprint density at radius 2 is 1.73 bits per heavy atom. The molecule has 0 fully saturated rings. The molecule has 0 aliphatic rings. The summed E-state index contributed by atoms with van der Waals surface area (Å²) in [5, 5.41) is 6.58. The zero-order valence-electron chi connectivity index (χ0n) is 17.2. The maximum atomic E-state index is 12.8. The van der Waals surface area contributed by atoms with Crippen LogP contribution in [0.4, 0.5) is 10.7 Å². The normalized spacial score (nSPS) is 10.3. The Kier molecular flexibility index (Phi) is 7.90. The van der Waals surface area contributed by atoms with Crippen LogP contribution in [-0.2, 0) is 4.74 Å². The number of primary amides is 1. The van der Waals surface area contributed by atoms with Crippen LogP contribution in [0.1, 0.15) is 49.8 Å². The second-order valence-corrected chi connectivity index (χ2v) is 7.68. The Morgan fingerprint density at radius 1 is 1.13 bits per heavy atom. The molecule has 1 aromatic heterocycles. The molecule has 0 radical (unpaired) electrons. The first-order chi connectivity index (χ1) is 14.2. The van der Waals surface area contributed by atoms with Crippen molar-refractivity contribution in [2.45, 2.75) is 20.8 Å². The summed E-state index contributed by atoms with van der Waals surface area (Å²) in [7, 11) is 1.28. The third-order valence-corrected chi connectivity index (χ3v) is 5.83. The van der Waals surface area contributed by atoms with E-state index in [4.69, 9.17) is 22.7 Å². The summed E-state index contributed by atoms with van der Waals surface area (Å²) in [4.78, 5) is 38.5. The van der Waals surface area contributed by atoms with E-state index in [9.17, 15) is 14.4 Å². The molecule has 0 spiro atoms. The molecule has 0 aliphatic carbocycles. The highest BCUT2D eigenvalue weighted by Gasteiger charge is 2.27. The molecule has 0 saturated heterocycles. The number of anilines is 2. The van der Waals surface area contributed by atoms with E-state index in [0.717, 1.165) is 11.3 Å². The minimum atomic E-state index is -0.557. The maximum absolute atomic E-state index is 12.8. The highest BCUT2D eigenvalue weighted by Crippen LogP contribution is 2.34. The van der Waals surface area contributed by atoms with E-state index >= 15 is 0 Å². The number of ether oxygens (including phenoxy) is 1. The lowest BCUT2D eigenvalue weighted by molar-refractivity contribution is 0.0601. The first-order valence-electron chi connectivity index (χ1n) is 9.22. The Labute approximate surface area is 184 Å². The first-order valence-corrected chi connectivity index (χ1v) is 10.4. The molecule has 0 bridgehead atoms. The third kappa shape index (κ3) is 5.14. The minimum absolute atomic E-state index is 0.151. The van der Waals surface area contributed by atoms with Crippen LogP contribution in [0.15, 0.2) is 24.3 Å². The lowest BCUT2D eigenvalue weighted by Crippen LogP contribution is -2.30. The number of nitrogens with zero attached hydrogens (tertiary/aromatic N) is 1. The predicted octanol–water partition coefficient (Wildman–Crippen LogP) is 3.23. The molecule has 30 heavy (non-hydrogen) atoms. The van der Waals surface area contributed by atoms with Crippen molar-refractivity contribution in [1.29, 1.82) is 0 Å². The van der Waals surface area contributed by atoms with Gasteiger partial charge in [-0.15, -0.1) is 11.3 Å². The molecular formula is C20H24N4O4S2. The molecule has 2 aromatic rings. The average molecular weight is 449 g/mol. The zero-order chi connectivity index (χ0) is 22.4. The topological polar surface area (TPSA) is 114 Å². The van der Waals surface area contributed by atoms with Gasteiger partial charge in [0.05, 0.1) is 17.6 Å². The molecule has 0 aliphatic heterocycles. The van der Waals surface area contributed by atoms with Gasteiger partial charge in [-0.2, -0.15) is 0 Å². The van der Waals surface area contributed by atoms with Gasteiger partial charge in [0, 0.05) is 24.3 Å². The van der Waals surface area contributed by atoms with Crippen molar-refractivity contribution in [3.8, 4) is 0 Å². The number of rotatable bonds is 7. The smallest absolute Gasteiger partial charge is 0.341 e. The highest BCUT2D eigenvalue weighted by molar-refractivity contribution is 7.80. The molecular weight excluding hydrogens is 424 g/mol. The van der Waals surface area contributed by atoms with Crippen LogP contribution in [0.5, 0.6) is 0 Å². The van der Waals surface area contributed by atoms with E-state index in [1.54, 1.807) is 36.1 Å². The Balaban J connectivity index is 2.29. The molecule has 0 saturated carbocycles. The fourth-order valence-electron chi connectivity index (χ4n) is 2.79. The molecule has 1 heterocycles. The lowest BCUT2D eigenvalue weighted by Gasteiger charge is -2.17. The van der Waals surface area contributed by atoms with Crippen LogP contribution in [0.2, 0.25) is 0 Å². The van der Waals surface area contributed by atoms with Crippen molar-refractivity contribution >= 4 is 57.1 Å². The van der Waals surface area contributed by atoms with Crippen LogP contribution < -0.4 is 16.4 Å². The van der Waals surface area contributed by atoms with E-state index < -0.39 is 11.9 Å². The standard InChI is InChI=1S/C20H24N4O4S2/c1-5-24(6-2)18(26)15-11(3)14(19(27)28-4)17(30-15)23-20(29)22-13-9-7-12(8-10-13)16(21)25/h7-10H,5-6H2,1-4H3,(H2,21,25)(H2,22,23,29). The number of carbonyl (C=O) groups is 3. The Morgan fingerprint density at radius 3 is 2.23 bits per heavy atom. The monoisotopic (exact) mass is 448 g/mol. The van der Waals surface area contributed by atoms with Crippen molar-refractivity contribution in [3.05, 3.63) is 45.8 Å². The number of nitrogens with one attached hydrogen (secondary N) is 2. The predicted molar refractivity (Wildman–Crippen MR) is 122 cm³/mol. The SMILES string of the molecule is CCN(CC)C(=O)c1sc(NC(=S)Nc2ccc(C(N)=O)cc2)c(C(=O)OC)c1C. The molecule has 10 heteroatoms.